The molecule has 3 N–H and O–H groups in total. The number of carbonyl (C=O) groups excluding carboxylic acids is 1. The fraction of sp³-hybridized carbons (Fsp3) is 0.455. The minimum Gasteiger partial charge on any atom is -0.347 e. The van der Waals surface area contributed by atoms with E-state index in [2.05, 4.69) is 25.6 Å². The van der Waals surface area contributed by atoms with Gasteiger partial charge < -0.3 is 28.9 Å². The van der Waals surface area contributed by atoms with Crippen LogP contribution in [0.3, 0.4) is 0 Å². The van der Waals surface area contributed by atoms with E-state index in [1.807, 2.05) is 30.3 Å². The van der Waals surface area contributed by atoms with Gasteiger partial charge in [-0.1, -0.05) is 37.3 Å². The number of amides is 2. The molecule has 0 radical (unpaired) electrons. The summed E-state index contributed by atoms with van der Waals surface area (Å²) in [6, 6.07) is 9.05. The van der Waals surface area contributed by atoms with Gasteiger partial charge in [-0.2, -0.15) is 0 Å². The third-order valence-electron chi connectivity index (χ3n) is 5.96. The molecule has 4 heterocycles. The number of urea groups is 1. The molecule has 3 aromatic rings. The molecular weight excluding hydrogens is 491 g/mol. The van der Waals surface area contributed by atoms with Crippen LogP contribution in [0.4, 0.5) is 10.6 Å². The van der Waals surface area contributed by atoms with E-state index < -0.39 is 44.5 Å². The van der Waals surface area contributed by atoms with Gasteiger partial charge in [0, 0.05) is 18.3 Å². The van der Waals surface area contributed by atoms with Crippen LogP contribution in [0.25, 0.3) is 11.2 Å². The molecule has 1 unspecified atom stereocenters. The number of nitrogens with zero attached hydrogens (tertiary/aromatic N) is 4. The Labute approximate surface area is 206 Å². The molecule has 2 fully saturated rings. The number of anilines is 1. The lowest BCUT2D eigenvalue weighted by molar-refractivity contribution is -0.152. The molecule has 2 aliphatic rings. The number of hydrogen-bond acceptors (Lipinski definition) is 9. The first kappa shape index (κ1) is 24.8. The summed E-state index contributed by atoms with van der Waals surface area (Å²) in [4.78, 5) is 34.8. The van der Waals surface area contributed by atoms with Gasteiger partial charge in [0.15, 0.2) is 29.5 Å². The van der Waals surface area contributed by atoms with E-state index in [1.54, 1.807) is 18.4 Å². The Morgan fingerprint density at radius 1 is 1.14 bits per heavy atom. The molecule has 6 atom stereocenters. The zero-order valence-corrected chi connectivity index (χ0v) is 20.6. The van der Waals surface area contributed by atoms with E-state index in [4.69, 9.17) is 18.7 Å². The molecule has 2 saturated heterocycles. The van der Waals surface area contributed by atoms with E-state index in [0.717, 1.165) is 5.56 Å². The van der Waals surface area contributed by atoms with E-state index in [-0.39, 0.29) is 18.6 Å². The first-order valence-corrected chi connectivity index (χ1v) is 13.4. The molecule has 1 aromatic carbocycles. The molecule has 14 heteroatoms. The number of fused-ring (bicyclic) bond motifs is 2. The van der Waals surface area contributed by atoms with Gasteiger partial charge in [-0.3, -0.25) is 14.4 Å². The number of hydrogen-bond donors (Lipinski definition) is 3. The largest absolute Gasteiger partial charge is 0.347 e. The number of ether oxygens (including phenoxy) is 3. The summed E-state index contributed by atoms with van der Waals surface area (Å²) in [6.45, 7) is 3.68. The van der Waals surface area contributed by atoms with E-state index in [9.17, 15) is 14.3 Å². The molecule has 192 valence electrons. The zero-order valence-electron chi connectivity index (χ0n) is 19.7. The number of benzene rings is 1. The second kappa shape index (κ2) is 10.2. The van der Waals surface area contributed by atoms with Gasteiger partial charge in [-0.25, -0.2) is 19.7 Å². The van der Waals surface area contributed by atoms with Gasteiger partial charge >= 0.3 is 13.6 Å². The molecule has 2 aromatic heterocycles. The maximum Gasteiger partial charge on any atom is 0.327 e. The summed E-state index contributed by atoms with van der Waals surface area (Å²) in [5.41, 5.74) is 1.61. The Morgan fingerprint density at radius 2 is 1.92 bits per heavy atom. The predicted octanol–water partition coefficient (Wildman–Crippen LogP) is 2.57. The summed E-state index contributed by atoms with van der Waals surface area (Å²) >= 11 is 0. The summed E-state index contributed by atoms with van der Waals surface area (Å²) in [5.74, 6) is 0.244. The van der Waals surface area contributed by atoms with Crippen LogP contribution in [-0.4, -0.2) is 68.1 Å². The van der Waals surface area contributed by atoms with Crippen molar-refractivity contribution < 1.29 is 33.0 Å². The summed E-state index contributed by atoms with van der Waals surface area (Å²) in [7, 11) is -3.74. The van der Waals surface area contributed by atoms with Crippen molar-refractivity contribution in [3.63, 3.8) is 0 Å². The van der Waals surface area contributed by atoms with Crippen molar-refractivity contribution in [2.45, 2.75) is 44.7 Å². The van der Waals surface area contributed by atoms with Crippen LogP contribution in [0, 0.1) is 0 Å². The zero-order chi connectivity index (χ0) is 25.3. The quantitative estimate of drug-likeness (QED) is 0.378. The summed E-state index contributed by atoms with van der Waals surface area (Å²) in [6.07, 6.45) is -0.415. The third kappa shape index (κ3) is 4.85. The Morgan fingerprint density at radius 3 is 2.67 bits per heavy atom. The van der Waals surface area contributed by atoms with Gasteiger partial charge in [0.2, 0.25) is 0 Å². The Hall–Kier alpha value is -2.93. The number of carbonyl (C=O) groups is 1. The molecular formula is C22H27N6O7P. The minimum atomic E-state index is -3.74. The average Bonchev–Trinajstić information content (AvgIpc) is 3.58. The van der Waals surface area contributed by atoms with Crippen molar-refractivity contribution in [1.82, 2.24) is 24.8 Å². The van der Waals surface area contributed by atoms with Crippen LogP contribution in [-0.2, 0) is 23.3 Å². The van der Waals surface area contributed by atoms with Gasteiger partial charge in [-0.05, 0) is 6.92 Å². The molecule has 36 heavy (non-hydrogen) atoms. The molecule has 0 aliphatic carbocycles. The van der Waals surface area contributed by atoms with Crippen molar-refractivity contribution in [3.05, 3.63) is 48.5 Å². The maximum atomic E-state index is 12.1. The first-order chi connectivity index (χ1) is 17.4. The normalized spacial score (nSPS) is 27.0. The monoisotopic (exact) mass is 518 g/mol. The molecule has 0 saturated carbocycles. The van der Waals surface area contributed by atoms with Crippen molar-refractivity contribution in [2.75, 3.05) is 24.6 Å². The molecule has 0 bridgehead atoms. The highest BCUT2D eigenvalue weighted by Crippen LogP contribution is 2.47. The van der Waals surface area contributed by atoms with E-state index in [1.165, 1.54) is 12.7 Å². The second-order valence-corrected chi connectivity index (χ2v) is 10.5. The molecule has 2 amide bonds. The third-order valence-corrected chi connectivity index (χ3v) is 7.31. The first-order valence-electron chi connectivity index (χ1n) is 11.6. The van der Waals surface area contributed by atoms with Crippen LogP contribution >= 0.6 is 7.60 Å². The van der Waals surface area contributed by atoms with Crippen LogP contribution in [0.1, 0.15) is 31.9 Å². The Kier molecular flexibility index (Phi) is 7.02. The fourth-order valence-corrected chi connectivity index (χ4v) is 4.75. The van der Waals surface area contributed by atoms with E-state index >= 15 is 0 Å². The fourth-order valence-electron chi connectivity index (χ4n) is 4.18. The van der Waals surface area contributed by atoms with Crippen LogP contribution in [0.5, 0.6) is 0 Å². The number of nitrogens with one attached hydrogen (secondary N) is 2. The van der Waals surface area contributed by atoms with Crippen molar-refractivity contribution in [3.8, 4) is 0 Å². The van der Waals surface area contributed by atoms with Gasteiger partial charge in [0.05, 0.1) is 12.9 Å². The molecule has 13 nitrogen and oxygen atoms in total. The molecule has 0 spiro atoms. The average molecular weight is 518 g/mol. The Bertz CT molecular complexity index is 1270. The van der Waals surface area contributed by atoms with Gasteiger partial charge in [0.25, 0.3) is 0 Å². The Balaban J connectivity index is 1.45. The predicted molar refractivity (Wildman–Crippen MR) is 127 cm³/mol. The van der Waals surface area contributed by atoms with Gasteiger partial charge in [0.1, 0.15) is 24.6 Å². The highest BCUT2D eigenvalue weighted by atomic mass is 31.2. The van der Waals surface area contributed by atoms with Crippen LogP contribution < -0.4 is 10.6 Å². The maximum absolute atomic E-state index is 12.1. The van der Waals surface area contributed by atoms with Gasteiger partial charge in [-0.15, -0.1) is 0 Å². The number of rotatable bonds is 8. The van der Waals surface area contributed by atoms with Crippen molar-refractivity contribution >= 4 is 30.6 Å². The standard InChI is InChI=1S/C22H27N6O7P/c1-3-23-22(29)27-18-15-19(25-11-24-18)28(12-26-15)20-17-16(14(33-20)10-32-36(30,31)4-2)34-21(35-17)13-8-6-5-7-9-13/h5-9,11-12,14,16-17,20-21H,3-4,10H2,1-2H3,(H,30,31)(H2,23,24,25,27,29)/t14-,16+,17+,20-,21-/m1/s1. The van der Waals surface area contributed by atoms with Crippen molar-refractivity contribution in [2.24, 2.45) is 0 Å². The van der Waals surface area contributed by atoms with Crippen molar-refractivity contribution in [1.29, 1.82) is 0 Å². The lowest BCUT2D eigenvalue weighted by atomic mass is 10.1. The van der Waals surface area contributed by atoms with Crippen LogP contribution in [0.2, 0.25) is 0 Å². The lowest BCUT2D eigenvalue weighted by Gasteiger charge is -2.22. The minimum absolute atomic E-state index is 0.0221. The highest BCUT2D eigenvalue weighted by Gasteiger charge is 2.54. The molecule has 5 rings (SSSR count). The smallest absolute Gasteiger partial charge is 0.327 e. The SMILES string of the molecule is CCNC(=O)Nc1ncnc2c1ncn2[C@@H]1O[C@H](COP(=O)(O)CC)[C@@H]2O[C@@H](c3ccccc3)O[C@@H]21. The highest BCUT2D eigenvalue weighted by molar-refractivity contribution is 7.52. The number of imidazole rings is 1. The summed E-state index contributed by atoms with van der Waals surface area (Å²) in [5, 5.41) is 5.31. The molecule has 2 aliphatic heterocycles. The van der Waals surface area contributed by atoms with Crippen LogP contribution in [0.15, 0.2) is 43.0 Å². The van der Waals surface area contributed by atoms with E-state index in [0.29, 0.717) is 17.7 Å². The lowest BCUT2D eigenvalue weighted by Crippen LogP contribution is -2.31. The number of aromatic nitrogens is 4. The second-order valence-electron chi connectivity index (χ2n) is 8.29. The topological polar surface area (TPSA) is 159 Å². The summed E-state index contributed by atoms with van der Waals surface area (Å²) < 4.78 is 37.8.